The van der Waals surface area contributed by atoms with E-state index in [-0.39, 0.29) is 30.9 Å². The normalized spacial score (nSPS) is 20.6. The van der Waals surface area contributed by atoms with Crippen molar-refractivity contribution in [2.45, 2.75) is 64.1 Å². The molecule has 1 aliphatic heterocycles. The average Bonchev–Trinajstić information content (AvgIpc) is 3.00. The van der Waals surface area contributed by atoms with Gasteiger partial charge in [0.15, 0.2) is 6.29 Å². The summed E-state index contributed by atoms with van der Waals surface area (Å²) < 4.78 is 12.9. The number of carbonyl (C=O) groups is 1. The van der Waals surface area contributed by atoms with Gasteiger partial charge < -0.3 is 30.3 Å². The Bertz CT molecular complexity index is 1190. The van der Waals surface area contributed by atoms with Crippen LogP contribution in [-0.2, 0) is 22.6 Å². The van der Waals surface area contributed by atoms with Crippen LogP contribution in [0.2, 0.25) is 0 Å². The number of amides is 2. The lowest BCUT2D eigenvalue weighted by Gasteiger charge is -2.39. The number of benzene rings is 3. The molecule has 0 aliphatic carbocycles. The smallest absolute Gasteiger partial charge is 0.315 e. The molecule has 0 bridgehead atoms. The standard InChI is InChI=1S/C32H41N3O5/c1-4-33-32(38)34-19-23-10-16-27(17-11-23)31-39-28(18-29(40-31)25-14-12-24(21-36)13-15-25)20-35(3)22(2)30(37)26-8-6-5-7-9-26/h5-17,22,28-31,36-37H,4,18-21H2,1-3H3,(H2,33,34,38). The van der Waals surface area contributed by atoms with E-state index < -0.39 is 12.4 Å². The van der Waals surface area contributed by atoms with Crippen LogP contribution in [0.1, 0.15) is 66.6 Å². The van der Waals surface area contributed by atoms with Gasteiger partial charge in [0, 0.05) is 37.7 Å². The average molecular weight is 548 g/mol. The van der Waals surface area contributed by atoms with Gasteiger partial charge in [-0.25, -0.2) is 4.79 Å². The minimum absolute atomic E-state index is 0.00605. The highest BCUT2D eigenvalue weighted by Gasteiger charge is 2.34. The summed E-state index contributed by atoms with van der Waals surface area (Å²) in [5, 5.41) is 26.0. The second-order valence-electron chi connectivity index (χ2n) is 10.3. The molecular formula is C32H41N3O5. The maximum Gasteiger partial charge on any atom is 0.315 e. The summed E-state index contributed by atoms with van der Waals surface area (Å²) in [6.45, 7) is 5.51. The Kier molecular flexibility index (Phi) is 10.7. The van der Waals surface area contributed by atoms with Gasteiger partial charge in [-0.1, -0.05) is 78.9 Å². The van der Waals surface area contributed by atoms with Gasteiger partial charge in [0.1, 0.15) is 0 Å². The zero-order valence-electron chi connectivity index (χ0n) is 23.5. The van der Waals surface area contributed by atoms with Crippen LogP contribution in [0.15, 0.2) is 78.9 Å². The summed E-state index contributed by atoms with van der Waals surface area (Å²) in [6, 6.07) is 25.1. The van der Waals surface area contributed by atoms with Crippen molar-refractivity contribution >= 4 is 6.03 Å². The molecule has 1 fully saturated rings. The number of carbonyl (C=O) groups excluding carboxylic acids is 1. The minimum atomic E-state index is -0.621. The molecule has 0 saturated carbocycles. The van der Waals surface area contributed by atoms with Crippen molar-refractivity contribution in [1.29, 1.82) is 0 Å². The molecule has 5 atom stereocenters. The first-order valence-electron chi connectivity index (χ1n) is 13.9. The molecule has 1 aliphatic rings. The second kappa shape index (κ2) is 14.4. The Morgan fingerprint density at radius 3 is 2.25 bits per heavy atom. The van der Waals surface area contributed by atoms with E-state index >= 15 is 0 Å². The van der Waals surface area contributed by atoms with Gasteiger partial charge in [-0.15, -0.1) is 0 Å². The van der Waals surface area contributed by atoms with Crippen LogP contribution >= 0.6 is 0 Å². The van der Waals surface area contributed by atoms with E-state index in [9.17, 15) is 15.0 Å². The van der Waals surface area contributed by atoms with E-state index in [1.54, 1.807) is 0 Å². The van der Waals surface area contributed by atoms with Crippen molar-refractivity contribution in [2.24, 2.45) is 0 Å². The minimum Gasteiger partial charge on any atom is -0.392 e. The molecule has 5 unspecified atom stereocenters. The van der Waals surface area contributed by atoms with Crippen LogP contribution in [0.3, 0.4) is 0 Å². The number of nitrogens with one attached hydrogen (secondary N) is 2. The fourth-order valence-corrected chi connectivity index (χ4v) is 4.89. The predicted octanol–water partition coefficient (Wildman–Crippen LogP) is 4.60. The summed E-state index contributed by atoms with van der Waals surface area (Å²) in [6.07, 6.45) is -0.880. The third-order valence-electron chi connectivity index (χ3n) is 7.44. The number of hydrogen-bond donors (Lipinski definition) is 4. The van der Waals surface area contributed by atoms with E-state index in [1.807, 2.05) is 99.8 Å². The molecule has 4 rings (SSSR count). The third-order valence-corrected chi connectivity index (χ3v) is 7.44. The van der Waals surface area contributed by atoms with Gasteiger partial charge in [0.2, 0.25) is 0 Å². The van der Waals surface area contributed by atoms with Gasteiger partial charge >= 0.3 is 6.03 Å². The van der Waals surface area contributed by atoms with Crippen molar-refractivity contribution in [3.63, 3.8) is 0 Å². The van der Waals surface area contributed by atoms with Crippen molar-refractivity contribution in [1.82, 2.24) is 15.5 Å². The molecular weight excluding hydrogens is 506 g/mol. The van der Waals surface area contributed by atoms with Crippen molar-refractivity contribution < 1.29 is 24.5 Å². The molecule has 2 amide bonds. The molecule has 3 aromatic rings. The van der Waals surface area contributed by atoms with Crippen LogP contribution in [0.5, 0.6) is 0 Å². The topological polar surface area (TPSA) is 103 Å². The highest BCUT2D eigenvalue weighted by atomic mass is 16.7. The summed E-state index contributed by atoms with van der Waals surface area (Å²) >= 11 is 0. The second-order valence-corrected chi connectivity index (χ2v) is 10.3. The first-order chi connectivity index (χ1) is 19.4. The lowest BCUT2D eigenvalue weighted by atomic mass is 9.98. The number of aliphatic hydroxyl groups excluding tert-OH is 2. The van der Waals surface area contributed by atoms with Gasteiger partial charge in [0.25, 0.3) is 0 Å². The Balaban J connectivity index is 1.48. The lowest BCUT2D eigenvalue weighted by Crippen LogP contribution is -2.43. The van der Waals surface area contributed by atoms with Crippen molar-refractivity contribution in [2.75, 3.05) is 20.1 Å². The number of hydrogen-bond acceptors (Lipinski definition) is 6. The summed E-state index contributed by atoms with van der Waals surface area (Å²) in [5.41, 5.74) is 4.63. The van der Waals surface area contributed by atoms with E-state index in [1.165, 1.54) is 0 Å². The molecule has 0 aromatic heterocycles. The lowest BCUT2D eigenvalue weighted by molar-refractivity contribution is -0.253. The van der Waals surface area contributed by atoms with Gasteiger partial charge in [-0.05, 0) is 43.1 Å². The quantitative estimate of drug-likeness (QED) is 0.280. The van der Waals surface area contributed by atoms with Crippen molar-refractivity contribution in [3.05, 3.63) is 107 Å². The zero-order valence-corrected chi connectivity index (χ0v) is 23.5. The predicted molar refractivity (Wildman–Crippen MR) is 154 cm³/mol. The number of rotatable bonds is 11. The first-order valence-corrected chi connectivity index (χ1v) is 13.9. The van der Waals surface area contributed by atoms with E-state index in [4.69, 9.17) is 9.47 Å². The fraction of sp³-hybridized carbons (Fsp3) is 0.406. The van der Waals surface area contributed by atoms with Crippen LogP contribution in [-0.4, -0.2) is 53.4 Å². The maximum atomic E-state index is 11.7. The number of urea groups is 1. The Morgan fingerprint density at radius 2 is 1.60 bits per heavy atom. The van der Waals surface area contributed by atoms with E-state index in [0.29, 0.717) is 26.1 Å². The molecule has 3 aromatic carbocycles. The van der Waals surface area contributed by atoms with E-state index in [0.717, 1.165) is 27.8 Å². The van der Waals surface area contributed by atoms with E-state index in [2.05, 4.69) is 15.5 Å². The number of ether oxygens (including phenoxy) is 2. The summed E-state index contributed by atoms with van der Waals surface area (Å²) in [7, 11) is 2.01. The number of nitrogens with zero attached hydrogens (tertiary/aromatic N) is 1. The molecule has 1 saturated heterocycles. The van der Waals surface area contributed by atoms with Crippen LogP contribution in [0.4, 0.5) is 4.79 Å². The summed E-state index contributed by atoms with van der Waals surface area (Å²) in [5.74, 6) is 0. The highest BCUT2D eigenvalue weighted by Crippen LogP contribution is 2.38. The third kappa shape index (κ3) is 7.90. The van der Waals surface area contributed by atoms with Gasteiger partial charge in [0.05, 0.1) is 24.9 Å². The van der Waals surface area contributed by atoms with Crippen LogP contribution < -0.4 is 10.6 Å². The molecule has 40 heavy (non-hydrogen) atoms. The van der Waals surface area contributed by atoms with Crippen LogP contribution in [0.25, 0.3) is 0 Å². The molecule has 214 valence electrons. The molecule has 1 heterocycles. The zero-order chi connectivity index (χ0) is 28.5. The van der Waals surface area contributed by atoms with Gasteiger partial charge in [-0.3, -0.25) is 4.90 Å². The fourth-order valence-electron chi connectivity index (χ4n) is 4.89. The molecule has 8 nitrogen and oxygen atoms in total. The Labute approximate surface area is 236 Å². The monoisotopic (exact) mass is 547 g/mol. The first kappa shape index (κ1) is 29.7. The van der Waals surface area contributed by atoms with Crippen LogP contribution in [0, 0.1) is 0 Å². The van der Waals surface area contributed by atoms with Gasteiger partial charge in [-0.2, -0.15) is 0 Å². The maximum absolute atomic E-state index is 11.7. The Morgan fingerprint density at radius 1 is 0.950 bits per heavy atom. The number of aliphatic hydroxyl groups is 2. The highest BCUT2D eigenvalue weighted by molar-refractivity contribution is 5.73. The molecule has 8 heteroatoms. The Hall–Kier alpha value is -3.27. The molecule has 4 N–H and O–H groups in total. The summed E-state index contributed by atoms with van der Waals surface area (Å²) in [4.78, 5) is 13.9. The van der Waals surface area contributed by atoms with Crippen molar-refractivity contribution in [3.8, 4) is 0 Å². The SMILES string of the molecule is CCNC(=O)NCc1ccc(C2OC(CN(C)C(C)C(O)c3ccccc3)CC(c3ccc(CO)cc3)O2)cc1. The molecule has 0 radical (unpaired) electrons. The number of likely N-dealkylation sites (N-methyl/N-ethyl adjacent to an activating group) is 1. The molecule has 0 spiro atoms. The largest absolute Gasteiger partial charge is 0.392 e.